The van der Waals surface area contributed by atoms with Gasteiger partial charge < -0.3 is 0 Å². The highest BCUT2D eigenvalue weighted by atomic mass is 17.2. The lowest BCUT2D eigenvalue weighted by atomic mass is 10.1. The third kappa shape index (κ3) is 15.1. The summed E-state index contributed by atoms with van der Waals surface area (Å²) in [4.78, 5) is 41.8. The molecule has 0 N–H and O–H groups in total. The smallest absolute Gasteiger partial charge is 0.298 e. The maximum atomic E-state index is 11.3. The Labute approximate surface area is 126 Å². The predicted octanol–water partition coefficient (Wildman–Crippen LogP) is 3.48. The Balaban J connectivity index is 3.55. The SMILES string of the molecule is CC(C)(C)OOC(=O)CCCCCC(=O)OOC(C)(C)C. The third-order valence-corrected chi connectivity index (χ3v) is 2.03. The number of carbonyl (C=O) groups excluding carboxylic acids is 2. The van der Waals surface area contributed by atoms with Crippen molar-refractivity contribution in [3.05, 3.63) is 0 Å². The van der Waals surface area contributed by atoms with Gasteiger partial charge in [-0.1, -0.05) is 6.42 Å². The first-order valence-corrected chi connectivity index (χ1v) is 7.27. The van der Waals surface area contributed by atoms with Crippen molar-refractivity contribution in [2.24, 2.45) is 0 Å². The highest BCUT2D eigenvalue weighted by molar-refractivity contribution is 5.69. The molecule has 0 aliphatic carbocycles. The van der Waals surface area contributed by atoms with Crippen molar-refractivity contribution >= 4 is 11.9 Å². The minimum Gasteiger partial charge on any atom is -0.298 e. The summed E-state index contributed by atoms with van der Waals surface area (Å²) in [5.74, 6) is -0.799. The average molecular weight is 304 g/mol. The Morgan fingerprint density at radius 1 is 0.667 bits per heavy atom. The molecule has 0 aliphatic heterocycles. The highest BCUT2D eigenvalue weighted by Gasteiger charge is 2.16. The summed E-state index contributed by atoms with van der Waals surface area (Å²) in [6, 6.07) is 0. The fourth-order valence-electron chi connectivity index (χ4n) is 1.14. The van der Waals surface area contributed by atoms with Crippen LogP contribution in [-0.4, -0.2) is 23.1 Å². The number of hydrogen-bond acceptors (Lipinski definition) is 6. The second kappa shape index (κ2) is 9.00. The van der Waals surface area contributed by atoms with Gasteiger partial charge in [0, 0.05) is 12.8 Å². The lowest BCUT2D eigenvalue weighted by Gasteiger charge is -2.16. The van der Waals surface area contributed by atoms with Gasteiger partial charge in [-0.05, 0) is 54.4 Å². The van der Waals surface area contributed by atoms with E-state index in [0.717, 1.165) is 6.42 Å². The molecule has 21 heavy (non-hydrogen) atoms. The third-order valence-electron chi connectivity index (χ3n) is 2.03. The molecular weight excluding hydrogens is 276 g/mol. The van der Waals surface area contributed by atoms with Gasteiger partial charge in [0.15, 0.2) is 0 Å². The van der Waals surface area contributed by atoms with Gasteiger partial charge in [0.2, 0.25) is 0 Å². The van der Waals surface area contributed by atoms with E-state index in [1.807, 2.05) is 0 Å². The lowest BCUT2D eigenvalue weighted by Crippen LogP contribution is -2.22. The molecule has 0 spiro atoms. The Bertz CT molecular complexity index is 292. The molecular formula is C15H28O6. The fourth-order valence-corrected chi connectivity index (χ4v) is 1.14. The number of unbranched alkanes of at least 4 members (excludes halogenated alkanes) is 2. The molecule has 6 heteroatoms. The molecule has 0 aromatic rings. The van der Waals surface area contributed by atoms with Crippen molar-refractivity contribution in [1.82, 2.24) is 0 Å². The molecule has 0 aliphatic rings. The van der Waals surface area contributed by atoms with Gasteiger partial charge in [-0.25, -0.2) is 9.59 Å². The Hall–Kier alpha value is -1.14. The molecule has 0 fully saturated rings. The quantitative estimate of drug-likeness (QED) is 0.388. The summed E-state index contributed by atoms with van der Waals surface area (Å²) in [7, 11) is 0. The van der Waals surface area contributed by atoms with Crippen LogP contribution < -0.4 is 0 Å². The molecule has 0 amide bonds. The van der Waals surface area contributed by atoms with Crippen LogP contribution in [0.15, 0.2) is 0 Å². The van der Waals surface area contributed by atoms with Crippen molar-refractivity contribution in [3.8, 4) is 0 Å². The van der Waals surface area contributed by atoms with E-state index < -0.39 is 23.1 Å². The Morgan fingerprint density at radius 2 is 1.00 bits per heavy atom. The molecule has 124 valence electrons. The van der Waals surface area contributed by atoms with Gasteiger partial charge in [0.25, 0.3) is 0 Å². The summed E-state index contributed by atoms with van der Waals surface area (Å²) in [6.07, 6.45) is 2.54. The number of hydrogen-bond donors (Lipinski definition) is 0. The summed E-state index contributed by atoms with van der Waals surface area (Å²) < 4.78 is 0. The van der Waals surface area contributed by atoms with E-state index in [1.54, 1.807) is 41.5 Å². The van der Waals surface area contributed by atoms with E-state index in [0.29, 0.717) is 12.8 Å². The van der Waals surface area contributed by atoms with Crippen LogP contribution in [0.2, 0.25) is 0 Å². The van der Waals surface area contributed by atoms with Crippen LogP contribution in [0.4, 0.5) is 0 Å². The maximum absolute atomic E-state index is 11.3. The molecule has 6 nitrogen and oxygen atoms in total. The van der Waals surface area contributed by atoms with Crippen LogP contribution >= 0.6 is 0 Å². The normalized spacial score (nSPS) is 12.1. The highest BCUT2D eigenvalue weighted by Crippen LogP contribution is 2.11. The molecule has 0 bridgehead atoms. The van der Waals surface area contributed by atoms with E-state index in [9.17, 15) is 9.59 Å². The van der Waals surface area contributed by atoms with Crippen molar-refractivity contribution in [2.75, 3.05) is 0 Å². The number of rotatable bonds is 8. The van der Waals surface area contributed by atoms with Crippen molar-refractivity contribution in [3.63, 3.8) is 0 Å². The van der Waals surface area contributed by atoms with Gasteiger partial charge in [-0.15, -0.1) is 0 Å². The first-order valence-electron chi connectivity index (χ1n) is 7.27. The first kappa shape index (κ1) is 19.9. The molecule has 0 saturated carbocycles. The van der Waals surface area contributed by atoms with Crippen LogP contribution in [0.3, 0.4) is 0 Å². The minimum absolute atomic E-state index is 0.267. The monoisotopic (exact) mass is 304 g/mol. The zero-order chi connectivity index (χ0) is 16.5. The fraction of sp³-hybridized carbons (Fsp3) is 0.867. The maximum Gasteiger partial charge on any atom is 0.342 e. The summed E-state index contributed by atoms with van der Waals surface area (Å²) >= 11 is 0. The van der Waals surface area contributed by atoms with Crippen LogP contribution in [0.1, 0.15) is 73.6 Å². The first-order chi connectivity index (χ1) is 9.49. The molecule has 0 heterocycles. The van der Waals surface area contributed by atoms with Crippen molar-refractivity contribution in [2.45, 2.75) is 84.8 Å². The van der Waals surface area contributed by atoms with E-state index in [1.165, 1.54) is 0 Å². The zero-order valence-corrected chi connectivity index (χ0v) is 14.0. The molecule has 0 radical (unpaired) electrons. The lowest BCUT2D eigenvalue weighted by molar-refractivity contribution is -0.320. The zero-order valence-electron chi connectivity index (χ0n) is 14.0. The molecule has 0 rings (SSSR count). The second-order valence-electron chi connectivity index (χ2n) is 6.86. The van der Waals surface area contributed by atoms with Gasteiger partial charge in [-0.2, -0.15) is 9.78 Å². The van der Waals surface area contributed by atoms with E-state index in [2.05, 4.69) is 9.78 Å². The van der Waals surface area contributed by atoms with Crippen LogP contribution in [-0.2, 0) is 29.1 Å². The summed E-state index contributed by atoms with van der Waals surface area (Å²) in [6.45, 7) is 10.8. The van der Waals surface area contributed by atoms with E-state index in [-0.39, 0.29) is 12.8 Å². The van der Waals surface area contributed by atoms with Crippen molar-refractivity contribution < 1.29 is 29.1 Å². The second-order valence-corrected chi connectivity index (χ2v) is 6.86. The summed E-state index contributed by atoms with van der Waals surface area (Å²) in [5, 5.41) is 0. The van der Waals surface area contributed by atoms with Crippen molar-refractivity contribution in [1.29, 1.82) is 0 Å². The van der Waals surface area contributed by atoms with Crippen LogP contribution in [0, 0.1) is 0 Å². The van der Waals surface area contributed by atoms with E-state index in [4.69, 9.17) is 9.78 Å². The van der Waals surface area contributed by atoms with Gasteiger partial charge >= 0.3 is 11.9 Å². The predicted molar refractivity (Wildman–Crippen MR) is 76.9 cm³/mol. The topological polar surface area (TPSA) is 71.1 Å². The number of carbonyl (C=O) groups is 2. The standard InChI is InChI=1S/C15H28O6/c1-14(2,3)20-18-12(16)10-8-7-9-11-13(17)19-21-15(4,5)6/h7-11H2,1-6H3. The average Bonchev–Trinajstić information content (AvgIpc) is 2.32. The molecule has 0 aromatic heterocycles. The van der Waals surface area contributed by atoms with E-state index >= 15 is 0 Å². The molecule has 0 saturated heterocycles. The Morgan fingerprint density at radius 3 is 1.29 bits per heavy atom. The van der Waals surface area contributed by atoms with Gasteiger partial charge in [-0.3, -0.25) is 9.78 Å². The van der Waals surface area contributed by atoms with Gasteiger partial charge in [0.05, 0.1) is 0 Å². The van der Waals surface area contributed by atoms with Crippen LogP contribution in [0.25, 0.3) is 0 Å². The molecule has 0 atom stereocenters. The Kier molecular flexibility index (Phi) is 8.51. The minimum atomic E-state index is -0.507. The van der Waals surface area contributed by atoms with Gasteiger partial charge in [0.1, 0.15) is 11.2 Å². The molecule has 0 unspecified atom stereocenters. The molecule has 0 aromatic carbocycles. The summed E-state index contributed by atoms with van der Waals surface area (Å²) in [5.41, 5.74) is -1.01. The van der Waals surface area contributed by atoms with Crippen LogP contribution in [0.5, 0.6) is 0 Å². The largest absolute Gasteiger partial charge is 0.342 e.